The van der Waals surface area contributed by atoms with Gasteiger partial charge < -0.3 is 19.0 Å². The summed E-state index contributed by atoms with van der Waals surface area (Å²) in [6.07, 6.45) is 0.561. The van der Waals surface area contributed by atoms with E-state index in [0.29, 0.717) is 30.1 Å². The molecule has 126 valence electrons. The van der Waals surface area contributed by atoms with Gasteiger partial charge in [0, 0.05) is 6.07 Å². The highest BCUT2D eigenvalue weighted by Gasteiger charge is 2.29. The normalized spacial score (nSPS) is 10.8. The maximum atomic E-state index is 12.0. The molecule has 24 heavy (non-hydrogen) atoms. The Morgan fingerprint density at radius 2 is 1.79 bits per heavy atom. The topological polar surface area (TPSA) is 61.8 Å². The van der Waals surface area contributed by atoms with Crippen LogP contribution in [0.1, 0.15) is 19.4 Å². The van der Waals surface area contributed by atoms with E-state index >= 15 is 0 Å². The van der Waals surface area contributed by atoms with Gasteiger partial charge >= 0.3 is 5.97 Å². The lowest BCUT2D eigenvalue weighted by Crippen LogP contribution is -2.30. The van der Waals surface area contributed by atoms with E-state index in [9.17, 15) is 9.59 Å². The summed E-state index contributed by atoms with van der Waals surface area (Å²) in [4.78, 5) is 22.9. The molecule has 0 aliphatic carbocycles. The molecule has 0 aliphatic heterocycles. The number of rotatable bonds is 7. The summed E-state index contributed by atoms with van der Waals surface area (Å²) in [6, 6.07) is 14.5. The number of hydrogen-bond donors (Lipinski definition) is 0. The van der Waals surface area contributed by atoms with E-state index in [1.807, 2.05) is 30.3 Å². The fourth-order valence-corrected chi connectivity index (χ4v) is 1.86. The first-order valence-corrected chi connectivity index (χ1v) is 7.49. The molecule has 2 aromatic carbocycles. The van der Waals surface area contributed by atoms with Gasteiger partial charge in [0.2, 0.25) is 0 Å². The van der Waals surface area contributed by atoms with Crippen molar-refractivity contribution in [2.75, 3.05) is 7.11 Å². The van der Waals surface area contributed by atoms with Gasteiger partial charge in [-0.3, -0.25) is 4.79 Å². The highest BCUT2D eigenvalue weighted by Crippen LogP contribution is 2.32. The highest BCUT2D eigenvalue weighted by atomic mass is 16.5. The van der Waals surface area contributed by atoms with E-state index in [0.717, 1.165) is 5.56 Å². The van der Waals surface area contributed by atoms with Crippen molar-refractivity contribution in [3.05, 3.63) is 54.1 Å². The van der Waals surface area contributed by atoms with E-state index in [1.54, 1.807) is 18.2 Å². The molecular formula is C19H20O5. The lowest BCUT2D eigenvalue weighted by atomic mass is 9.96. The first kappa shape index (κ1) is 17.5. The van der Waals surface area contributed by atoms with Crippen LogP contribution in [0.2, 0.25) is 0 Å². The average molecular weight is 328 g/mol. The molecule has 0 saturated heterocycles. The predicted octanol–water partition coefficient (Wildman–Crippen LogP) is 3.40. The molecule has 2 rings (SSSR count). The second-order valence-corrected chi connectivity index (χ2v) is 5.82. The zero-order chi connectivity index (χ0) is 17.6. The summed E-state index contributed by atoms with van der Waals surface area (Å²) in [7, 11) is 1.53. The van der Waals surface area contributed by atoms with Gasteiger partial charge in [-0.2, -0.15) is 0 Å². The molecule has 0 aliphatic rings. The van der Waals surface area contributed by atoms with E-state index in [-0.39, 0.29) is 0 Å². The zero-order valence-electron chi connectivity index (χ0n) is 13.9. The largest absolute Gasteiger partial charge is 0.493 e. The maximum absolute atomic E-state index is 12.0. The Kier molecular flexibility index (Phi) is 5.58. The maximum Gasteiger partial charge on any atom is 0.324 e. The summed E-state index contributed by atoms with van der Waals surface area (Å²) in [5.74, 6) is 0.645. The molecule has 0 radical (unpaired) electrons. The SMILES string of the molecule is COc1ccc(OC(=O)C(C)(C)C=O)cc1OCc1ccccc1. The Morgan fingerprint density at radius 1 is 1.08 bits per heavy atom. The van der Waals surface area contributed by atoms with Crippen molar-refractivity contribution in [2.45, 2.75) is 20.5 Å². The smallest absolute Gasteiger partial charge is 0.324 e. The third-order valence-electron chi connectivity index (χ3n) is 3.40. The summed E-state index contributed by atoms with van der Waals surface area (Å²) in [5.41, 5.74) is -0.200. The number of benzene rings is 2. The van der Waals surface area contributed by atoms with Crippen molar-refractivity contribution < 1.29 is 23.8 Å². The number of esters is 1. The van der Waals surface area contributed by atoms with Crippen LogP contribution >= 0.6 is 0 Å². The minimum absolute atomic E-state index is 0.291. The number of methoxy groups -OCH3 is 1. The number of carbonyl (C=O) groups is 2. The van der Waals surface area contributed by atoms with Crippen LogP contribution in [0.25, 0.3) is 0 Å². The summed E-state index contributed by atoms with van der Waals surface area (Å²) < 4.78 is 16.3. The molecule has 2 aromatic rings. The Balaban J connectivity index is 2.15. The molecule has 0 N–H and O–H groups in total. The molecule has 0 atom stereocenters. The molecule has 0 saturated carbocycles. The minimum atomic E-state index is -1.20. The van der Waals surface area contributed by atoms with Gasteiger partial charge in [-0.1, -0.05) is 30.3 Å². The number of carbonyl (C=O) groups excluding carboxylic acids is 2. The summed E-state index contributed by atoms with van der Waals surface area (Å²) >= 11 is 0. The van der Waals surface area contributed by atoms with Crippen molar-refractivity contribution in [3.63, 3.8) is 0 Å². The fraction of sp³-hybridized carbons (Fsp3) is 0.263. The van der Waals surface area contributed by atoms with Gasteiger partial charge in [0.15, 0.2) is 11.5 Å². The van der Waals surface area contributed by atoms with Crippen molar-refractivity contribution >= 4 is 12.3 Å². The fourth-order valence-electron chi connectivity index (χ4n) is 1.86. The van der Waals surface area contributed by atoms with Crippen LogP contribution in [0.4, 0.5) is 0 Å². The van der Waals surface area contributed by atoms with Crippen LogP contribution in [0, 0.1) is 5.41 Å². The second kappa shape index (κ2) is 7.64. The van der Waals surface area contributed by atoms with Gasteiger partial charge in [-0.15, -0.1) is 0 Å². The van der Waals surface area contributed by atoms with Crippen molar-refractivity contribution in [1.82, 2.24) is 0 Å². The standard InChI is InChI=1S/C19H20O5/c1-19(2,13-20)18(21)24-15-9-10-16(22-3)17(11-15)23-12-14-7-5-4-6-8-14/h4-11,13H,12H2,1-3H3. The quantitative estimate of drug-likeness (QED) is 0.337. The van der Waals surface area contributed by atoms with E-state index in [2.05, 4.69) is 0 Å². The Hall–Kier alpha value is -2.82. The molecule has 5 heteroatoms. The van der Waals surface area contributed by atoms with Crippen molar-refractivity contribution in [1.29, 1.82) is 0 Å². The van der Waals surface area contributed by atoms with Crippen LogP contribution in [-0.4, -0.2) is 19.4 Å². The summed E-state index contributed by atoms with van der Waals surface area (Å²) in [6.45, 7) is 3.35. The van der Waals surface area contributed by atoms with Crippen LogP contribution in [0.15, 0.2) is 48.5 Å². The molecule has 0 unspecified atom stereocenters. The number of ether oxygens (including phenoxy) is 3. The lowest BCUT2D eigenvalue weighted by Gasteiger charge is -2.16. The zero-order valence-corrected chi connectivity index (χ0v) is 13.9. The van der Waals surface area contributed by atoms with E-state index < -0.39 is 11.4 Å². The molecule has 5 nitrogen and oxygen atoms in total. The molecular weight excluding hydrogens is 308 g/mol. The Labute approximate surface area is 141 Å². The van der Waals surface area contributed by atoms with Gasteiger partial charge in [-0.05, 0) is 31.5 Å². The minimum Gasteiger partial charge on any atom is -0.493 e. The van der Waals surface area contributed by atoms with Crippen LogP contribution in [-0.2, 0) is 16.2 Å². The van der Waals surface area contributed by atoms with Crippen molar-refractivity contribution in [3.8, 4) is 17.2 Å². The molecule has 0 amide bonds. The predicted molar refractivity (Wildman–Crippen MR) is 89.2 cm³/mol. The van der Waals surface area contributed by atoms with Crippen molar-refractivity contribution in [2.24, 2.45) is 5.41 Å². The van der Waals surface area contributed by atoms with Crippen LogP contribution < -0.4 is 14.2 Å². The van der Waals surface area contributed by atoms with Gasteiger partial charge in [0.05, 0.1) is 7.11 Å². The third kappa shape index (κ3) is 4.35. The Bertz CT molecular complexity index is 707. The van der Waals surface area contributed by atoms with Gasteiger partial charge in [0.25, 0.3) is 0 Å². The monoisotopic (exact) mass is 328 g/mol. The molecule has 0 fully saturated rings. The van der Waals surface area contributed by atoms with E-state index in [1.165, 1.54) is 21.0 Å². The number of hydrogen-bond acceptors (Lipinski definition) is 5. The molecule has 0 heterocycles. The molecule has 0 spiro atoms. The lowest BCUT2D eigenvalue weighted by molar-refractivity contribution is -0.146. The third-order valence-corrected chi connectivity index (χ3v) is 3.40. The highest BCUT2D eigenvalue weighted by molar-refractivity contribution is 5.93. The first-order chi connectivity index (χ1) is 11.5. The summed E-state index contributed by atoms with van der Waals surface area (Å²) in [5, 5.41) is 0. The van der Waals surface area contributed by atoms with Crippen LogP contribution in [0.3, 0.4) is 0 Å². The van der Waals surface area contributed by atoms with Gasteiger partial charge in [0.1, 0.15) is 24.1 Å². The van der Waals surface area contributed by atoms with Gasteiger partial charge in [-0.25, -0.2) is 0 Å². The second-order valence-electron chi connectivity index (χ2n) is 5.82. The Morgan fingerprint density at radius 3 is 2.42 bits per heavy atom. The molecule has 0 bridgehead atoms. The first-order valence-electron chi connectivity index (χ1n) is 7.49. The van der Waals surface area contributed by atoms with E-state index in [4.69, 9.17) is 14.2 Å². The number of aldehydes is 1. The van der Waals surface area contributed by atoms with Crippen LogP contribution in [0.5, 0.6) is 17.2 Å². The average Bonchev–Trinajstić information content (AvgIpc) is 2.61. The molecule has 0 aromatic heterocycles.